The molecule has 0 saturated heterocycles. The van der Waals surface area contributed by atoms with Gasteiger partial charge in [-0.15, -0.1) is 0 Å². The maximum absolute atomic E-state index is 9.22. The van der Waals surface area contributed by atoms with Gasteiger partial charge in [0.25, 0.3) is 0 Å². The minimum atomic E-state index is -1.35. The molecule has 1 aliphatic rings. The van der Waals surface area contributed by atoms with E-state index in [-0.39, 0.29) is 5.41 Å². The normalized spacial score (nSPS) is 21.7. The second-order valence-corrected chi connectivity index (χ2v) is 5.06. The molecule has 2 rings (SSSR count). The van der Waals surface area contributed by atoms with Crippen LogP contribution in [0.4, 0.5) is 0 Å². The van der Waals surface area contributed by atoms with Crippen molar-refractivity contribution in [3.05, 3.63) is 29.3 Å². The summed E-state index contributed by atoms with van der Waals surface area (Å²) < 4.78 is 0. The zero-order valence-electron chi connectivity index (χ0n) is 12.0. The summed E-state index contributed by atoms with van der Waals surface area (Å²) in [6.07, 6.45) is 4.65. The second-order valence-electron chi connectivity index (χ2n) is 5.06. The lowest BCUT2D eigenvalue weighted by molar-refractivity contribution is 0.381. The highest BCUT2D eigenvalue weighted by Gasteiger charge is 2.31. The molecule has 0 amide bonds. The van der Waals surface area contributed by atoms with E-state index in [4.69, 9.17) is 0 Å². The van der Waals surface area contributed by atoms with Crippen molar-refractivity contribution in [3.63, 3.8) is 0 Å². The van der Waals surface area contributed by atoms with Gasteiger partial charge in [-0.25, -0.2) is 0 Å². The van der Waals surface area contributed by atoms with E-state index in [9.17, 15) is 10.0 Å². The molecule has 2 nitrogen and oxygen atoms in total. The molecule has 0 aromatic heterocycles. The molecule has 3 heteroatoms. The van der Waals surface area contributed by atoms with Crippen LogP contribution in [0.3, 0.4) is 0 Å². The van der Waals surface area contributed by atoms with Crippen LogP contribution in [0.25, 0.3) is 0 Å². The fourth-order valence-corrected chi connectivity index (χ4v) is 2.71. The third kappa shape index (κ3) is 2.96. The number of hydrogen-bond donors (Lipinski definition) is 2. The minimum absolute atomic E-state index is 0.207. The molecule has 1 atom stereocenters. The van der Waals surface area contributed by atoms with Gasteiger partial charge in [-0.1, -0.05) is 45.9 Å². The molecular weight excluding hydrogens is 223 g/mol. The van der Waals surface area contributed by atoms with Crippen molar-refractivity contribution in [1.82, 2.24) is 0 Å². The van der Waals surface area contributed by atoms with E-state index in [2.05, 4.69) is 19.9 Å². The van der Waals surface area contributed by atoms with Crippen LogP contribution in [0, 0.1) is 0 Å². The maximum atomic E-state index is 9.22. The van der Waals surface area contributed by atoms with Crippen LogP contribution in [0.1, 0.15) is 58.1 Å². The molecule has 1 aromatic carbocycles. The molecule has 18 heavy (non-hydrogen) atoms. The summed E-state index contributed by atoms with van der Waals surface area (Å²) in [5.74, 6) is 0. The molecule has 0 fully saturated rings. The van der Waals surface area contributed by atoms with Crippen LogP contribution in [-0.2, 0) is 11.8 Å². The monoisotopic (exact) mass is 248 g/mol. The Morgan fingerprint density at radius 3 is 2.50 bits per heavy atom. The van der Waals surface area contributed by atoms with E-state index in [1.807, 2.05) is 26.0 Å². The first-order valence-electron chi connectivity index (χ1n) is 7.06. The highest BCUT2D eigenvalue weighted by atomic mass is 16.4. The summed E-state index contributed by atoms with van der Waals surface area (Å²) in [6, 6.07) is 5.85. The van der Waals surface area contributed by atoms with Crippen molar-refractivity contribution in [2.75, 3.05) is 0 Å². The van der Waals surface area contributed by atoms with Crippen LogP contribution in [-0.4, -0.2) is 17.2 Å². The van der Waals surface area contributed by atoms with Crippen molar-refractivity contribution in [2.45, 2.75) is 58.8 Å². The predicted molar refractivity (Wildman–Crippen MR) is 78.2 cm³/mol. The summed E-state index contributed by atoms with van der Waals surface area (Å²) in [5.41, 5.74) is 3.51. The summed E-state index contributed by atoms with van der Waals surface area (Å²) >= 11 is 0. The van der Waals surface area contributed by atoms with Crippen LogP contribution >= 0.6 is 0 Å². The van der Waals surface area contributed by atoms with Crippen molar-refractivity contribution in [2.24, 2.45) is 0 Å². The number of benzene rings is 1. The van der Waals surface area contributed by atoms with Crippen LogP contribution in [0.2, 0.25) is 0 Å². The van der Waals surface area contributed by atoms with E-state index in [1.54, 1.807) is 0 Å². The third-order valence-electron chi connectivity index (χ3n) is 4.04. The van der Waals surface area contributed by atoms with Gasteiger partial charge in [-0.05, 0) is 47.7 Å². The third-order valence-corrected chi connectivity index (χ3v) is 4.04. The fraction of sp³-hybridized carbons (Fsp3) is 0.600. The predicted octanol–water partition coefficient (Wildman–Crippen LogP) is 2.40. The molecule has 0 bridgehead atoms. The fourth-order valence-electron chi connectivity index (χ4n) is 2.71. The SMILES string of the molecule is CC.CCC1(C)CCCc2ccc(B(O)O)cc21. The van der Waals surface area contributed by atoms with Crippen LogP contribution in [0.5, 0.6) is 0 Å². The number of rotatable bonds is 2. The Bertz CT molecular complexity index is 390. The molecular formula is C15H25BO2. The lowest BCUT2D eigenvalue weighted by Gasteiger charge is -2.35. The van der Waals surface area contributed by atoms with Crippen molar-refractivity contribution >= 4 is 12.6 Å². The Labute approximate surface area is 111 Å². The first-order chi connectivity index (χ1) is 8.57. The van der Waals surface area contributed by atoms with E-state index >= 15 is 0 Å². The number of fused-ring (bicyclic) bond motifs is 1. The summed E-state index contributed by atoms with van der Waals surface area (Å²) in [6.45, 7) is 8.48. The smallest absolute Gasteiger partial charge is 0.423 e. The average Bonchev–Trinajstić information content (AvgIpc) is 2.41. The quantitative estimate of drug-likeness (QED) is 0.789. The van der Waals surface area contributed by atoms with Gasteiger partial charge in [0, 0.05) is 0 Å². The van der Waals surface area contributed by atoms with Crippen molar-refractivity contribution in [3.8, 4) is 0 Å². The average molecular weight is 248 g/mol. The molecule has 1 aromatic rings. The Morgan fingerprint density at radius 1 is 1.28 bits per heavy atom. The van der Waals surface area contributed by atoms with Gasteiger partial charge in [0.1, 0.15) is 0 Å². The molecule has 0 saturated carbocycles. The van der Waals surface area contributed by atoms with E-state index < -0.39 is 7.12 Å². The molecule has 100 valence electrons. The van der Waals surface area contributed by atoms with Gasteiger partial charge in [-0.2, -0.15) is 0 Å². The molecule has 2 N–H and O–H groups in total. The highest BCUT2D eigenvalue weighted by molar-refractivity contribution is 6.58. The van der Waals surface area contributed by atoms with Gasteiger partial charge < -0.3 is 10.0 Å². The van der Waals surface area contributed by atoms with Gasteiger partial charge >= 0.3 is 7.12 Å². The van der Waals surface area contributed by atoms with E-state index in [1.165, 1.54) is 24.0 Å². The summed E-state index contributed by atoms with van der Waals surface area (Å²) in [7, 11) is -1.35. The van der Waals surface area contributed by atoms with Crippen molar-refractivity contribution < 1.29 is 10.0 Å². The Kier molecular flexibility index (Phi) is 5.42. The first kappa shape index (κ1) is 15.3. The number of aryl methyl sites for hydroxylation is 1. The largest absolute Gasteiger partial charge is 0.488 e. The highest BCUT2D eigenvalue weighted by Crippen LogP contribution is 2.38. The van der Waals surface area contributed by atoms with E-state index in [0.717, 1.165) is 12.8 Å². The topological polar surface area (TPSA) is 40.5 Å². The first-order valence-corrected chi connectivity index (χ1v) is 7.06. The lowest BCUT2D eigenvalue weighted by atomic mass is 9.67. The Hall–Kier alpha value is -0.795. The van der Waals surface area contributed by atoms with Gasteiger partial charge in [0.05, 0.1) is 0 Å². The van der Waals surface area contributed by atoms with Crippen molar-refractivity contribution in [1.29, 1.82) is 0 Å². The molecule has 0 radical (unpaired) electrons. The molecule has 0 aliphatic heterocycles. The lowest BCUT2D eigenvalue weighted by Crippen LogP contribution is -2.34. The van der Waals surface area contributed by atoms with Gasteiger partial charge in [0.15, 0.2) is 0 Å². The van der Waals surface area contributed by atoms with Gasteiger partial charge in [0.2, 0.25) is 0 Å². The standard InChI is InChI=1S/C13H19BO2.C2H6/c1-3-13(2)8-4-5-10-6-7-11(14(15)16)9-12(10)13;1-2/h6-7,9,15-16H,3-5,8H2,1-2H3;1-2H3. The molecule has 0 spiro atoms. The van der Waals surface area contributed by atoms with Crippen LogP contribution < -0.4 is 5.46 Å². The van der Waals surface area contributed by atoms with Gasteiger partial charge in [-0.3, -0.25) is 0 Å². The molecule has 1 aliphatic carbocycles. The Morgan fingerprint density at radius 2 is 1.94 bits per heavy atom. The summed E-state index contributed by atoms with van der Waals surface area (Å²) in [4.78, 5) is 0. The number of hydrogen-bond acceptors (Lipinski definition) is 2. The Balaban J connectivity index is 0.000000771. The van der Waals surface area contributed by atoms with E-state index in [0.29, 0.717) is 5.46 Å². The zero-order valence-corrected chi connectivity index (χ0v) is 12.0. The minimum Gasteiger partial charge on any atom is -0.423 e. The molecule has 1 unspecified atom stereocenters. The maximum Gasteiger partial charge on any atom is 0.488 e. The second kappa shape index (κ2) is 6.39. The zero-order chi connectivity index (χ0) is 13.8. The molecule has 0 heterocycles. The van der Waals surface area contributed by atoms with Crippen LogP contribution in [0.15, 0.2) is 18.2 Å². The summed E-state index contributed by atoms with van der Waals surface area (Å²) in [5, 5.41) is 18.4.